The quantitative estimate of drug-likeness (QED) is 0.699. The molecule has 0 N–H and O–H groups in total. The molecule has 2 aliphatic rings. The second-order valence-electron chi connectivity index (χ2n) is 4.96. The van der Waals surface area contributed by atoms with E-state index in [1.54, 1.807) is 0 Å². The van der Waals surface area contributed by atoms with Gasteiger partial charge in [0.1, 0.15) is 0 Å². The highest BCUT2D eigenvalue weighted by Crippen LogP contribution is 2.39. The first-order chi connectivity index (χ1) is 7.24. The molecule has 3 rings (SSSR count). The lowest BCUT2D eigenvalue weighted by molar-refractivity contribution is 0.548. The third-order valence-electron chi connectivity index (χ3n) is 3.92. The van der Waals surface area contributed by atoms with Gasteiger partial charge >= 0.3 is 0 Å². The molecule has 0 spiro atoms. The Bertz CT molecular complexity index is 388. The van der Waals surface area contributed by atoms with Crippen LogP contribution in [0.25, 0.3) is 0 Å². The number of nitrogens with zero attached hydrogens (tertiary/aromatic N) is 3. The van der Waals surface area contributed by atoms with Crippen molar-refractivity contribution in [2.75, 3.05) is 11.4 Å². The van der Waals surface area contributed by atoms with E-state index in [-0.39, 0.29) is 0 Å². The maximum absolute atomic E-state index is 4.32. The average Bonchev–Trinajstić information content (AvgIpc) is 2.83. The fraction of sp³-hybridized carbons (Fsp3) is 0.667. The molecule has 1 saturated carbocycles. The number of rotatable bonds is 1. The summed E-state index contributed by atoms with van der Waals surface area (Å²) in [5.41, 5.74) is 2.30. The molecule has 15 heavy (non-hydrogen) atoms. The van der Waals surface area contributed by atoms with Crippen LogP contribution >= 0.6 is 0 Å². The molecule has 1 aromatic rings. The molecule has 0 amide bonds. The van der Waals surface area contributed by atoms with Crippen molar-refractivity contribution in [3.63, 3.8) is 0 Å². The van der Waals surface area contributed by atoms with Crippen LogP contribution in [0.15, 0.2) is 6.07 Å². The van der Waals surface area contributed by atoms with E-state index in [2.05, 4.69) is 28.1 Å². The van der Waals surface area contributed by atoms with Gasteiger partial charge in [-0.05, 0) is 50.7 Å². The number of fused-ring (bicyclic) bond motifs is 2. The summed E-state index contributed by atoms with van der Waals surface area (Å²) in [6.45, 7) is 5.33. The standard InChI is InChI=1S/C12H17N3/c1-8-5-12(14-13-9(8)2)15-7-10-3-4-11(15)6-10/h5,10-11H,3-4,6-7H2,1-2H3. The highest BCUT2D eigenvalue weighted by molar-refractivity contribution is 5.44. The number of hydrogen-bond donors (Lipinski definition) is 0. The molecule has 2 unspecified atom stereocenters. The van der Waals surface area contributed by atoms with Crippen LogP contribution in [0.1, 0.15) is 30.5 Å². The monoisotopic (exact) mass is 203 g/mol. The first-order valence-electron chi connectivity index (χ1n) is 5.81. The third kappa shape index (κ3) is 1.41. The van der Waals surface area contributed by atoms with Crippen LogP contribution in [-0.4, -0.2) is 22.8 Å². The van der Waals surface area contributed by atoms with Crippen LogP contribution in [0.5, 0.6) is 0 Å². The maximum atomic E-state index is 4.32. The van der Waals surface area contributed by atoms with E-state index in [1.165, 1.54) is 31.4 Å². The molecule has 1 saturated heterocycles. The summed E-state index contributed by atoms with van der Waals surface area (Å²) in [7, 11) is 0. The SMILES string of the molecule is Cc1cc(N2CC3CCC2C3)nnc1C. The summed E-state index contributed by atoms with van der Waals surface area (Å²) >= 11 is 0. The van der Waals surface area contributed by atoms with Gasteiger partial charge in [-0.25, -0.2) is 0 Å². The van der Waals surface area contributed by atoms with E-state index in [1.807, 2.05) is 6.92 Å². The minimum absolute atomic E-state index is 0.742. The molecule has 2 bridgehead atoms. The van der Waals surface area contributed by atoms with Crippen LogP contribution < -0.4 is 4.90 Å². The van der Waals surface area contributed by atoms with Gasteiger partial charge in [0.2, 0.25) is 0 Å². The van der Waals surface area contributed by atoms with Crippen molar-refractivity contribution in [1.82, 2.24) is 10.2 Å². The molecule has 2 heterocycles. The normalized spacial score (nSPS) is 28.8. The van der Waals surface area contributed by atoms with Gasteiger partial charge in [0.15, 0.2) is 5.82 Å². The molecule has 3 nitrogen and oxygen atoms in total. The van der Waals surface area contributed by atoms with Crippen molar-refractivity contribution < 1.29 is 0 Å². The molecule has 80 valence electrons. The number of piperidine rings is 1. The van der Waals surface area contributed by atoms with Gasteiger partial charge in [0.05, 0.1) is 5.69 Å². The van der Waals surface area contributed by atoms with E-state index in [9.17, 15) is 0 Å². The Hall–Kier alpha value is -1.12. The van der Waals surface area contributed by atoms with Gasteiger partial charge in [-0.2, -0.15) is 5.10 Å². The van der Waals surface area contributed by atoms with Crippen LogP contribution in [0, 0.1) is 19.8 Å². The molecule has 2 atom stereocenters. The maximum Gasteiger partial charge on any atom is 0.151 e. The van der Waals surface area contributed by atoms with Crippen molar-refractivity contribution in [1.29, 1.82) is 0 Å². The summed E-state index contributed by atoms with van der Waals surface area (Å²) in [6.07, 6.45) is 4.13. The van der Waals surface area contributed by atoms with Gasteiger partial charge in [0, 0.05) is 12.6 Å². The minimum atomic E-state index is 0.742. The van der Waals surface area contributed by atoms with E-state index in [4.69, 9.17) is 0 Å². The Labute approximate surface area is 90.5 Å². The summed E-state index contributed by atoms with van der Waals surface area (Å²) in [4.78, 5) is 2.45. The van der Waals surface area contributed by atoms with E-state index in [0.29, 0.717) is 0 Å². The van der Waals surface area contributed by atoms with Crippen molar-refractivity contribution in [3.8, 4) is 0 Å². The minimum Gasteiger partial charge on any atom is -0.352 e. The summed E-state index contributed by atoms with van der Waals surface area (Å²) in [5, 5.41) is 8.53. The van der Waals surface area contributed by atoms with Crippen molar-refractivity contribution >= 4 is 5.82 Å². The zero-order chi connectivity index (χ0) is 10.4. The predicted molar refractivity (Wildman–Crippen MR) is 60.0 cm³/mol. The fourth-order valence-electron chi connectivity index (χ4n) is 2.88. The lowest BCUT2D eigenvalue weighted by Gasteiger charge is -2.27. The van der Waals surface area contributed by atoms with Crippen LogP contribution in [0.3, 0.4) is 0 Å². The van der Waals surface area contributed by atoms with Gasteiger partial charge in [-0.3, -0.25) is 0 Å². The van der Waals surface area contributed by atoms with Crippen LogP contribution in [-0.2, 0) is 0 Å². The Morgan fingerprint density at radius 1 is 1.27 bits per heavy atom. The van der Waals surface area contributed by atoms with Crippen LogP contribution in [0.2, 0.25) is 0 Å². The second kappa shape index (κ2) is 3.19. The summed E-state index contributed by atoms with van der Waals surface area (Å²) in [5.74, 6) is 2.00. The van der Waals surface area contributed by atoms with Gasteiger partial charge in [-0.1, -0.05) is 0 Å². The Morgan fingerprint density at radius 3 is 2.73 bits per heavy atom. The molecular weight excluding hydrogens is 186 g/mol. The molecule has 0 aromatic carbocycles. The first-order valence-corrected chi connectivity index (χ1v) is 5.81. The van der Waals surface area contributed by atoms with Crippen molar-refractivity contribution in [2.45, 2.75) is 39.2 Å². The molecule has 3 heteroatoms. The largest absolute Gasteiger partial charge is 0.352 e. The van der Waals surface area contributed by atoms with Gasteiger partial charge < -0.3 is 4.90 Å². The second-order valence-corrected chi connectivity index (χ2v) is 4.96. The number of anilines is 1. The van der Waals surface area contributed by atoms with Crippen LogP contribution in [0.4, 0.5) is 5.82 Å². The molecule has 1 aliphatic carbocycles. The molecule has 1 aromatic heterocycles. The highest BCUT2D eigenvalue weighted by Gasteiger charge is 2.38. The van der Waals surface area contributed by atoms with E-state index < -0.39 is 0 Å². The lowest BCUT2D eigenvalue weighted by atomic mass is 10.1. The lowest BCUT2D eigenvalue weighted by Crippen LogP contribution is -2.32. The Morgan fingerprint density at radius 2 is 2.13 bits per heavy atom. The topological polar surface area (TPSA) is 29.0 Å². The van der Waals surface area contributed by atoms with Gasteiger partial charge in [-0.15, -0.1) is 5.10 Å². The number of aromatic nitrogens is 2. The van der Waals surface area contributed by atoms with E-state index >= 15 is 0 Å². The number of aryl methyl sites for hydroxylation is 2. The molecule has 1 aliphatic heterocycles. The van der Waals surface area contributed by atoms with E-state index in [0.717, 1.165) is 23.5 Å². The Kier molecular flexibility index (Phi) is 1.94. The van der Waals surface area contributed by atoms with Gasteiger partial charge in [0.25, 0.3) is 0 Å². The van der Waals surface area contributed by atoms with Crippen molar-refractivity contribution in [2.24, 2.45) is 5.92 Å². The highest BCUT2D eigenvalue weighted by atomic mass is 15.3. The fourth-order valence-corrected chi connectivity index (χ4v) is 2.88. The first kappa shape index (κ1) is 9.13. The third-order valence-corrected chi connectivity index (χ3v) is 3.92. The smallest absolute Gasteiger partial charge is 0.151 e. The molecule has 2 fully saturated rings. The average molecular weight is 203 g/mol. The predicted octanol–water partition coefficient (Wildman–Crippen LogP) is 2.08. The zero-order valence-corrected chi connectivity index (χ0v) is 9.40. The molecule has 0 radical (unpaired) electrons. The summed E-state index contributed by atoms with van der Waals surface area (Å²) in [6, 6.07) is 2.93. The summed E-state index contributed by atoms with van der Waals surface area (Å²) < 4.78 is 0. The Balaban J connectivity index is 1.90. The zero-order valence-electron chi connectivity index (χ0n) is 9.40. The number of hydrogen-bond acceptors (Lipinski definition) is 3. The van der Waals surface area contributed by atoms with Crippen molar-refractivity contribution in [3.05, 3.63) is 17.3 Å². The molecular formula is C12H17N3.